The van der Waals surface area contributed by atoms with E-state index in [4.69, 9.17) is 9.47 Å². The second-order valence-corrected chi connectivity index (χ2v) is 4.35. The van der Waals surface area contributed by atoms with Gasteiger partial charge in [-0.15, -0.1) is 0 Å². The number of nitrogens with zero attached hydrogens (tertiary/aromatic N) is 2. The van der Waals surface area contributed by atoms with Gasteiger partial charge < -0.3 is 19.1 Å². The predicted molar refractivity (Wildman–Crippen MR) is 66.9 cm³/mol. The Kier molecular flexibility index (Phi) is 2.83. The number of aliphatic hydroxyl groups excluding tert-OH is 1. The van der Waals surface area contributed by atoms with Gasteiger partial charge in [0, 0.05) is 25.1 Å². The fraction of sp³-hybridized carbons (Fsp3) is 0.462. The minimum Gasteiger partial charge on any atom is -0.454 e. The van der Waals surface area contributed by atoms with Crippen LogP contribution in [0.15, 0.2) is 12.1 Å². The number of hydrogen-bond donors (Lipinski definition) is 1. The number of fused-ring (bicyclic) bond motifs is 2. The molecule has 1 aromatic heterocycles. The molecule has 5 heteroatoms. The molecule has 0 spiro atoms. The van der Waals surface area contributed by atoms with Crippen molar-refractivity contribution in [3.05, 3.63) is 18.0 Å². The molecule has 18 heavy (non-hydrogen) atoms. The van der Waals surface area contributed by atoms with E-state index in [1.54, 1.807) is 0 Å². The molecular formula is C13H16N2O3. The Hall–Kier alpha value is -1.75. The van der Waals surface area contributed by atoms with Gasteiger partial charge in [0.1, 0.15) is 5.82 Å². The van der Waals surface area contributed by atoms with Gasteiger partial charge >= 0.3 is 0 Å². The highest BCUT2D eigenvalue weighted by molar-refractivity contribution is 5.81. The highest BCUT2D eigenvalue weighted by Crippen LogP contribution is 2.36. The molecule has 96 valence electrons. The van der Waals surface area contributed by atoms with Crippen LogP contribution in [0.2, 0.25) is 0 Å². The summed E-state index contributed by atoms with van der Waals surface area (Å²) in [5.41, 5.74) is 1.90. The maximum Gasteiger partial charge on any atom is 0.231 e. The Morgan fingerprint density at radius 3 is 2.83 bits per heavy atom. The van der Waals surface area contributed by atoms with Crippen molar-refractivity contribution in [3.8, 4) is 11.5 Å². The molecule has 0 aliphatic carbocycles. The van der Waals surface area contributed by atoms with Gasteiger partial charge in [0.2, 0.25) is 6.79 Å². The minimum absolute atomic E-state index is 0.108. The number of aryl methyl sites for hydroxylation is 1. The molecule has 1 aliphatic heterocycles. The van der Waals surface area contributed by atoms with Crippen molar-refractivity contribution in [2.75, 3.05) is 13.4 Å². The molecule has 0 unspecified atom stereocenters. The lowest BCUT2D eigenvalue weighted by molar-refractivity contribution is 0.174. The van der Waals surface area contributed by atoms with E-state index in [0.717, 1.165) is 41.2 Å². The lowest BCUT2D eigenvalue weighted by Crippen LogP contribution is -2.06. The zero-order valence-electron chi connectivity index (χ0n) is 10.3. The largest absolute Gasteiger partial charge is 0.454 e. The monoisotopic (exact) mass is 248 g/mol. The summed E-state index contributed by atoms with van der Waals surface area (Å²) in [5, 5.41) is 9.18. The topological polar surface area (TPSA) is 56.5 Å². The van der Waals surface area contributed by atoms with Crippen molar-refractivity contribution in [2.45, 2.75) is 26.3 Å². The maximum absolute atomic E-state index is 9.18. The smallest absolute Gasteiger partial charge is 0.231 e. The number of benzene rings is 1. The molecule has 0 saturated carbocycles. The van der Waals surface area contributed by atoms with E-state index in [2.05, 4.69) is 16.5 Å². The number of rotatable bonds is 4. The third-order valence-electron chi connectivity index (χ3n) is 3.12. The highest BCUT2D eigenvalue weighted by atomic mass is 16.7. The van der Waals surface area contributed by atoms with Crippen LogP contribution in [0.3, 0.4) is 0 Å². The van der Waals surface area contributed by atoms with Crippen molar-refractivity contribution in [3.63, 3.8) is 0 Å². The molecule has 0 fully saturated rings. The first-order chi connectivity index (χ1) is 8.83. The molecule has 3 rings (SSSR count). The van der Waals surface area contributed by atoms with E-state index in [1.807, 2.05) is 12.1 Å². The maximum atomic E-state index is 9.18. The second-order valence-electron chi connectivity index (χ2n) is 4.35. The Bertz CT molecular complexity index is 577. The molecule has 0 bridgehead atoms. The fourth-order valence-corrected chi connectivity index (χ4v) is 2.33. The van der Waals surface area contributed by atoms with Crippen molar-refractivity contribution in [1.82, 2.24) is 9.55 Å². The fourth-order valence-electron chi connectivity index (χ4n) is 2.33. The summed E-state index contributed by atoms with van der Waals surface area (Å²) in [6, 6.07) is 3.85. The normalized spacial score (nSPS) is 13.4. The number of imidazole rings is 1. The first-order valence-electron chi connectivity index (χ1n) is 6.23. The summed E-state index contributed by atoms with van der Waals surface area (Å²) in [6.45, 7) is 3.06. The van der Waals surface area contributed by atoms with E-state index in [1.165, 1.54) is 0 Å². The van der Waals surface area contributed by atoms with Crippen LogP contribution in [0.5, 0.6) is 11.5 Å². The molecule has 2 aromatic rings. The summed E-state index contributed by atoms with van der Waals surface area (Å²) in [5.74, 6) is 2.51. The standard InChI is InChI=1S/C13H16N2O3/c1-2-3-13-14-9-6-11-12(18-8-17-11)7-10(9)15(13)4-5-16/h6-7,16H,2-5,8H2,1H3. The Balaban J connectivity index is 2.16. The van der Waals surface area contributed by atoms with Crippen molar-refractivity contribution >= 4 is 11.0 Å². The van der Waals surface area contributed by atoms with Crippen molar-refractivity contribution in [2.24, 2.45) is 0 Å². The van der Waals surface area contributed by atoms with E-state index in [-0.39, 0.29) is 13.4 Å². The minimum atomic E-state index is 0.108. The van der Waals surface area contributed by atoms with Crippen LogP contribution < -0.4 is 9.47 Å². The van der Waals surface area contributed by atoms with Gasteiger partial charge in [0.15, 0.2) is 11.5 Å². The van der Waals surface area contributed by atoms with Gasteiger partial charge in [0.25, 0.3) is 0 Å². The van der Waals surface area contributed by atoms with Crippen LogP contribution in [0.4, 0.5) is 0 Å². The molecule has 1 aromatic carbocycles. The van der Waals surface area contributed by atoms with Crippen LogP contribution >= 0.6 is 0 Å². The molecule has 5 nitrogen and oxygen atoms in total. The summed E-state index contributed by atoms with van der Waals surface area (Å²) in [6.07, 6.45) is 1.93. The zero-order valence-corrected chi connectivity index (χ0v) is 10.3. The van der Waals surface area contributed by atoms with Gasteiger partial charge in [0.05, 0.1) is 17.6 Å². The number of hydrogen-bond acceptors (Lipinski definition) is 4. The summed E-state index contributed by atoms with van der Waals surface area (Å²) in [7, 11) is 0. The molecule has 1 aliphatic rings. The van der Waals surface area contributed by atoms with Crippen molar-refractivity contribution in [1.29, 1.82) is 0 Å². The molecule has 0 atom stereocenters. The molecule has 0 radical (unpaired) electrons. The van der Waals surface area contributed by atoms with Crippen LogP contribution in [0.1, 0.15) is 19.2 Å². The van der Waals surface area contributed by atoms with Crippen LogP contribution in [-0.4, -0.2) is 28.1 Å². The zero-order chi connectivity index (χ0) is 12.5. The van der Waals surface area contributed by atoms with E-state index in [9.17, 15) is 5.11 Å². The van der Waals surface area contributed by atoms with Gasteiger partial charge in [-0.2, -0.15) is 0 Å². The quantitative estimate of drug-likeness (QED) is 0.895. The van der Waals surface area contributed by atoms with Crippen molar-refractivity contribution < 1.29 is 14.6 Å². The average Bonchev–Trinajstić information content (AvgIpc) is 2.93. The summed E-state index contributed by atoms with van der Waals surface area (Å²) >= 11 is 0. The lowest BCUT2D eigenvalue weighted by atomic mass is 10.2. The molecule has 0 amide bonds. The SMILES string of the molecule is CCCc1nc2cc3c(cc2n1CCO)OCO3. The van der Waals surface area contributed by atoms with Gasteiger partial charge in [-0.25, -0.2) is 4.98 Å². The van der Waals surface area contributed by atoms with Gasteiger partial charge in [-0.05, 0) is 6.42 Å². The van der Waals surface area contributed by atoms with Gasteiger partial charge in [-0.3, -0.25) is 0 Å². The van der Waals surface area contributed by atoms with E-state index in [0.29, 0.717) is 6.54 Å². The Labute approximate surface area is 105 Å². The van der Waals surface area contributed by atoms with Crippen LogP contribution in [0.25, 0.3) is 11.0 Å². The van der Waals surface area contributed by atoms with E-state index < -0.39 is 0 Å². The van der Waals surface area contributed by atoms with E-state index >= 15 is 0 Å². The van der Waals surface area contributed by atoms with Crippen LogP contribution in [-0.2, 0) is 13.0 Å². The summed E-state index contributed by atoms with van der Waals surface area (Å²) in [4.78, 5) is 4.61. The Morgan fingerprint density at radius 1 is 1.33 bits per heavy atom. The third-order valence-corrected chi connectivity index (χ3v) is 3.12. The predicted octanol–water partition coefficient (Wildman–Crippen LogP) is 1.71. The number of ether oxygens (including phenoxy) is 2. The average molecular weight is 248 g/mol. The van der Waals surface area contributed by atoms with Gasteiger partial charge in [-0.1, -0.05) is 6.92 Å². The number of aliphatic hydroxyl groups is 1. The lowest BCUT2D eigenvalue weighted by Gasteiger charge is -2.06. The molecule has 0 saturated heterocycles. The first kappa shape index (κ1) is 11.3. The van der Waals surface area contributed by atoms with Crippen LogP contribution in [0, 0.1) is 0 Å². The molecule has 2 heterocycles. The highest BCUT2D eigenvalue weighted by Gasteiger charge is 2.18. The first-order valence-corrected chi connectivity index (χ1v) is 6.23. The number of aromatic nitrogens is 2. The third kappa shape index (κ3) is 1.71. The summed E-state index contributed by atoms with van der Waals surface area (Å²) < 4.78 is 12.8. The second kappa shape index (κ2) is 4.49. The molecular weight excluding hydrogens is 232 g/mol. The Morgan fingerprint density at radius 2 is 2.11 bits per heavy atom. The molecule has 1 N–H and O–H groups in total.